The number of carboxylic acid groups (broad SMARTS) is 1. The van der Waals surface area contributed by atoms with Crippen molar-refractivity contribution in [2.45, 2.75) is 45.4 Å². The molecule has 0 aromatic carbocycles. The lowest BCUT2D eigenvalue weighted by molar-refractivity contribution is -0.143. The van der Waals surface area contributed by atoms with Gasteiger partial charge in [0.15, 0.2) is 5.76 Å². The Labute approximate surface area is 124 Å². The highest BCUT2D eigenvalue weighted by atomic mass is 32.2. The van der Waals surface area contributed by atoms with Gasteiger partial charge in [0, 0.05) is 12.6 Å². The highest BCUT2D eigenvalue weighted by molar-refractivity contribution is 7.88. The summed E-state index contributed by atoms with van der Waals surface area (Å²) < 4.78 is 30.9. The summed E-state index contributed by atoms with van der Waals surface area (Å²) in [4.78, 5) is 11.4. The molecule has 0 saturated carbocycles. The van der Waals surface area contributed by atoms with Gasteiger partial charge in [0.2, 0.25) is 10.0 Å². The van der Waals surface area contributed by atoms with Gasteiger partial charge in [-0.25, -0.2) is 8.42 Å². The van der Waals surface area contributed by atoms with Gasteiger partial charge in [-0.1, -0.05) is 19.0 Å². The number of piperidine rings is 1. The molecule has 0 bridgehead atoms. The number of hydrogen-bond acceptors (Lipinski definition) is 5. The van der Waals surface area contributed by atoms with E-state index in [2.05, 4.69) is 5.16 Å². The predicted octanol–water partition coefficient (Wildman–Crippen LogP) is 1.39. The molecule has 2 rings (SSSR count). The summed E-state index contributed by atoms with van der Waals surface area (Å²) in [6.45, 7) is 5.81. The van der Waals surface area contributed by atoms with Crippen LogP contribution in [0.1, 0.15) is 38.1 Å². The molecule has 2 heterocycles. The highest BCUT2D eigenvalue weighted by Gasteiger charge is 2.43. The molecule has 1 saturated heterocycles. The van der Waals surface area contributed by atoms with Crippen molar-refractivity contribution in [1.82, 2.24) is 9.46 Å². The molecule has 118 valence electrons. The number of carboxylic acids is 1. The van der Waals surface area contributed by atoms with E-state index in [1.807, 2.05) is 13.8 Å². The first-order valence-corrected chi connectivity index (χ1v) is 8.36. The van der Waals surface area contributed by atoms with E-state index in [1.54, 1.807) is 13.0 Å². The van der Waals surface area contributed by atoms with E-state index in [4.69, 9.17) is 4.52 Å². The number of aryl methyl sites for hydroxylation is 1. The molecule has 1 unspecified atom stereocenters. The zero-order valence-electron chi connectivity index (χ0n) is 12.4. The van der Waals surface area contributed by atoms with Crippen molar-refractivity contribution in [1.29, 1.82) is 0 Å². The number of sulfonamides is 1. The zero-order valence-corrected chi connectivity index (χ0v) is 13.2. The second-order valence-electron chi connectivity index (χ2n) is 6.27. The van der Waals surface area contributed by atoms with Gasteiger partial charge < -0.3 is 9.63 Å². The third-order valence-electron chi connectivity index (χ3n) is 3.75. The van der Waals surface area contributed by atoms with Crippen molar-refractivity contribution >= 4 is 16.0 Å². The smallest absolute Gasteiger partial charge is 0.322 e. The summed E-state index contributed by atoms with van der Waals surface area (Å²) in [5, 5.41) is 13.0. The summed E-state index contributed by atoms with van der Waals surface area (Å²) in [6, 6.07) is 0.518. The number of aliphatic carboxylic acids is 1. The summed E-state index contributed by atoms with van der Waals surface area (Å²) in [7, 11) is -3.75. The predicted molar refractivity (Wildman–Crippen MR) is 75.0 cm³/mol. The molecule has 1 aliphatic heterocycles. The van der Waals surface area contributed by atoms with Gasteiger partial charge in [-0.2, -0.15) is 4.31 Å². The second-order valence-corrected chi connectivity index (χ2v) is 8.20. The van der Waals surface area contributed by atoms with Crippen LogP contribution in [0.3, 0.4) is 0 Å². The fourth-order valence-electron chi connectivity index (χ4n) is 2.59. The lowest BCUT2D eigenvalue weighted by atomic mass is 9.80. The third-order valence-corrected chi connectivity index (χ3v) is 5.55. The van der Waals surface area contributed by atoms with Crippen LogP contribution in [0.4, 0.5) is 0 Å². The van der Waals surface area contributed by atoms with E-state index < -0.39 is 22.0 Å². The minimum absolute atomic E-state index is 0.183. The average molecular weight is 316 g/mol. The van der Waals surface area contributed by atoms with Crippen LogP contribution in [0.5, 0.6) is 0 Å². The molecule has 1 aromatic rings. The minimum Gasteiger partial charge on any atom is -0.480 e. The maximum Gasteiger partial charge on any atom is 0.322 e. The Kier molecular flexibility index (Phi) is 4.12. The number of aromatic nitrogens is 1. The topological polar surface area (TPSA) is 101 Å². The van der Waals surface area contributed by atoms with Gasteiger partial charge in [0.05, 0.1) is 5.69 Å². The Morgan fingerprint density at radius 3 is 2.76 bits per heavy atom. The van der Waals surface area contributed by atoms with Crippen LogP contribution in [-0.2, 0) is 20.6 Å². The first-order valence-electron chi connectivity index (χ1n) is 6.75. The maximum atomic E-state index is 12.5. The molecular weight excluding hydrogens is 296 g/mol. The van der Waals surface area contributed by atoms with Gasteiger partial charge in [-0.15, -0.1) is 0 Å². The van der Waals surface area contributed by atoms with E-state index in [9.17, 15) is 18.3 Å². The van der Waals surface area contributed by atoms with E-state index in [1.165, 1.54) is 0 Å². The molecule has 1 N–H and O–H groups in total. The molecule has 1 atom stereocenters. The number of nitrogens with zero attached hydrogens (tertiary/aromatic N) is 2. The van der Waals surface area contributed by atoms with Crippen LogP contribution >= 0.6 is 0 Å². The molecule has 8 heteroatoms. The van der Waals surface area contributed by atoms with Crippen LogP contribution in [0.15, 0.2) is 10.6 Å². The molecule has 0 amide bonds. The van der Waals surface area contributed by atoms with Crippen molar-refractivity contribution in [2.24, 2.45) is 5.41 Å². The minimum atomic E-state index is -3.75. The van der Waals surface area contributed by atoms with Crippen molar-refractivity contribution < 1.29 is 22.8 Å². The van der Waals surface area contributed by atoms with Crippen LogP contribution in [0, 0.1) is 12.3 Å². The fourth-order valence-corrected chi connectivity index (χ4v) is 4.17. The van der Waals surface area contributed by atoms with Crippen molar-refractivity contribution in [3.05, 3.63) is 17.5 Å². The van der Waals surface area contributed by atoms with Gasteiger partial charge in [0.1, 0.15) is 11.8 Å². The Bertz CT molecular complexity index is 635. The Hall–Kier alpha value is -1.41. The lowest BCUT2D eigenvalue weighted by Gasteiger charge is -2.40. The Morgan fingerprint density at radius 2 is 2.24 bits per heavy atom. The molecule has 0 radical (unpaired) electrons. The molecular formula is C13H20N2O5S. The van der Waals surface area contributed by atoms with Crippen LogP contribution in [-0.4, -0.2) is 41.5 Å². The standard InChI is InChI=1S/C13H20N2O5S/c1-9-6-10(20-14-9)8-21(18,19)15-5-4-13(2,3)7-11(15)12(16)17/h6,11H,4-5,7-8H2,1-3H3,(H,16,17). The van der Waals surface area contributed by atoms with Crippen molar-refractivity contribution in [3.63, 3.8) is 0 Å². The first-order chi connectivity index (χ1) is 9.61. The SMILES string of the molecule is Cc1cc(CS(=O)(=O)N2CCC(C)(C)CC2C(=O)O)on1. The summed E-state index contributed by atoms with van der Waals surface area (Å²) in [5.74, 6) is -1.25. The quantitative estimate of drug-likeness (QED) is 0.900. The van der Waals surface area contributed by atoms with Gasteiger partial charge in [-0.3, -0.25) is 4.79 Å². The first kappa shape index (κ1) is 16.0. The molecule has 1 aliphatic rings. The number of rotatable bonds is 4. The number of hydrogen-bond donors (Lipinski definition) is 1. The van der Waals surface area contributed by atoms with Gasteiger partial charge in [0.25, 0.3) is 0 Å². The van der Waals surface area contributed by atoms with E-state index in [-0.39, 0.29) is 23.5 Å². The second kappa shape index (κ2) is 5.42. The maximum absolute atomic E-state index is 12.5. The van der Waals surface area contributed by atoms with Crippen molar-refractivity contribution in [3.8, 4) is 0 Å². The summed E-state index contributed by atoms with van der Waals surface area (Å²) in [6.07, 6.45) is 0.933. The lowest BCUT2D eigenvalue weighted by Crippen LogP contribution is -2.52. The molecule has 0 aliphatic carbocycles. The van der Waals surface area contributed by atoms with Crippen LogP contribution < -0.4 is 0 Å². The Morgan fingerprint density at radius 1 is 1.57 bits per heavy atom. The highest BCUT2D eigenvalue weighted by Crippen LogP contribution is 2.35. The van der Waals surface area contributed by atoms with Crippen molar-refractivity contribution in [2.75, 3.05) is 6.54 Å². The van der Waals surface area contributed by atoms with Gasteiger partial charge >= 0.3 is 5.97 Å². The average Bonchev–Trinajstić information content (AvgIpc) is 2.72. The number of carbonyl (C=O) groups is 1. The molecule has 1 aromatic heterocycles. The monoisotopic (exact) mass is 316 g/mol. The summed E-state index contributed by atoms with van der Waals surface area (Å²) >= 11 is 0. The molecule has 1 fully saturated rings. The zero-order chi connectivity index (χ0) is 15.8. The van der Waals surface area contributed by atoms with Crippen LogP contribution in [0.25, 0.3) is 0 Å². The Balaban J connectivity index is 2.23. The molecule has 0 spiro atoms. The van der Waals surface area contributed by atoms with Crippen LogP contribution in [0.2, 0.25) is 0 Å². The van der Waals surface area contributed by atoms with Gasteiger partial charge in [-0.05, 0) is 25.2 Å². The fraction of sp³-hybridized carbons (Fsp3) is 0.692. The van der Waals surface area contributed by atoms with E-state index >= 15 is 0 Å². The largest absolute Gasteiger partial charge is 0.480 e. The summed E-state index contributed by atoms with van der Waals surface area (Å²) in [5.41, 5.74) is 0.410. The molecule has 7 nitrogen and oxygen atoms in total. The normalized spacial score (nSPS) is 23.1. The third kappa shape index (κ3) is 3.62. The van der Waals surface area contributed by atoms with E-state index in [0.29, 0.717) is 18.5 Å². The van der Waals surface area contributed by atoms with E-state index in [0.717, 1.165) is 4.31 Å². The molecule has 21 heavy (non-hydrogen) atoms.